The number of nitrogens with zero attached hydrogens (tertiary/aromatic N) is 2. The average Bonchev–Trinajstić information content (AvgIpc) is 3.24. The van der Waals surface area contributed by atoms with Crippen molar-refractivity contribution in [1.82, 2.24) is 25.8 Å². The van der Waals surface area contributed by atoms with Gasteiger partial charge in [-0.1, -0.05) is 34.6 Å². The van der Waals surface area contributed by atoms with Crippen LogP contribution in [0.4, 0.5) is 4.79 Å². The van der Waals surface area contributed by atoms with Crippen LogP contribution in [0.3, 0.4) is 0 Å². The molecule has 0 spiro atoms. The van der Waals surface area contributed by atoms with Gasteiger partial charge in [0.1, 0.15) is 6.04 Å². The summed E-state index contributed by atoms with van der Waals surface area (Å²) < 4.78 is 0. The van der Waals surface area contributed by atoms with E-state index in [1.165, 1.54) is 0 Å². The topological polar surface area (TPSA) is 93.8 Å². The Hall–Kier alpha value is -1.83. The van der Waals surface area contributed by atoms with Crippen molar-refractivity contribution in [2.75, 3.05) is 26.7 Å². The van der Waals surface area contributed by atoms with Crippen molar-refractivity contribution < 1.29 is 14.4 Å². The molecule has 0 saturated carbocycles. The molecule has 29 heavy (non-hydrogen) atoms. The van der Waals surface area contributed by atoms with Gasteiger partial charge in [0.15, 0.2) is 0 Å². The number of carbonyl (C=O) groups is 3. The van der Waals surface area contributed by atoms with Gasteiger partial charge in [0, 0.05) is 25.7 Å². The Morgan fingerprint density at radius 2 is 1.90 bits per heavy atom. The van der Waals surface area contributed by atoms with E-state index in [1.54, 1.807) is 14.0 Å². The van der Waals surface area contributed by atoms with Crippen molar-refractivity contribution >= 4 is 17.8 Å². The summed E-state index contributed by atoms with van der Waals surface area (Å²) in [5.74, 6) is 0.108. The number of likely N-dealkylation sites (N-methyl/N-ethyl adjacent to an activating group) is 1. The first kappa shape index (κ1) is 23.4. The molecule has 2 aliphatic heterocycles. The third-order valence-electron chi connectivity index (χ3n) is 6.19. The Labute approximate surface area is 175 Å². The van der Waals surface area contributed by atoms with Crippen molar-refractivity contribution in [3.05, 3.63) is 0 Å². The zero-order chi connectivity index (χ0) is 21.9. The van der Waals surface area contributed by atoms with E-state index in [9.17, 15) is 14.4 Å². The summed E-state index contributed by atoms with van der Waals surface area (Å²) in [6.07, 6.45) is 1.79. The standard InChI is InChI=1S/C21H39N5O3/c1-13(2)16-11-23-20(29)26(16)12-15-9-8-10-25(15)19(28)17(21(4,5)6)24-18(27)14(3)22-7/h13-17,22H,8-12H2,1-7H3,(H,23,29)(H,24,27)/t14-,15?,16?,17?/m0/s1. The first-order chi connectivity index (χ1) is 13.5. The number of rotatable bonds is 7. The number of amides is 4. The maximum absolute atomic E-state index is 13.5. The van der Waals surface area contributed by atoms with E-state index in [0.29, 0.717) is 25.6 Å². The molecular formula is C21H39N5O3. The van der Waals surface area contributed by atoms with E-state index < -0.39 is 11.5 Å². The number of likely N-dealkylation sites (tertiary alicyclic amines) is 1. The zero-order valence-electron chi connectivity index (χ0n) is 19.0. The van der Waals surface area contributed by atoms with Crippen LogP contribution < -0.4 is 16.0 Å². The smallest absolute Gasteiger partial charge is 0.317 e. The summed E-state index contributed by atoms with van der Waals surface area (Å²) in [4.78, 5) is 42.1. The second-order valence-electron chi connectivity index (χ2n) is 9.80. The highest BCUT2D eigenvalue weighted by molar-refractivity contribution is 5.90. The van der Waals surface area contributed by atoms with Gasteiger partial charge in [0.2, 0.25) is 11.8 Å². The molecule has 8 nitrogen and oxygen atoms in total. The van der Waals surface area contributed by atoms with E-state index in [4.69, 9.17) is 0 Å². The highest BCUT2D eigenvalue weighted by atomic mass is 16.2. The van der Waals surface area contributed by atoms with Crippen LogP contribution in [0.25, 0.3) is 0 Å². The Morgan fingerprint density at radius 3 is 2.45 bits per heavy atom. The average molecular weight is 410 g/mol. The van der Waals surface area contributed by atoms with Crippen LogP contribution >= 0.6 is 0 Å². The SMILES string of the molecule is CN[C@@H](C)C(=O)NC(C(=O)N1CCCC1CN1C(=O)NCC1C(C)C)C(C)(C)C. The van der Waals surface area contributed by atoms with Gasteiger partial charge in [-0.15, -0.1) is 0 Å². The first-order valence-corrected chi connectivity index (χ1v) is 10.8. The Kier molecular flexibility index (Phi) is 7.54. The van der Waals surface area contributed by atoms with Gasteiger partial charge in [0.05, 0.1) is 12.1 Å². The van der Waals surface area contributed by atoms with Crippen LogP contribution in [0.5, 0.6) is 0 Å². The zero-order valence-corrected chi connectivity index (χ0v) is 19.0. The fraction of sp³-hybridized carbons (Fsp3) is 0.857. The second kappa shape index (κ2) is 9.32. The van der Waals surface area contributed by atoms with Gasteiger partial charge in [-0.2, -0.15) is 0 Å². The predicted octanol–water partition coefficient (Wildman–Crippen LogP) is 1.17. The van der Waals surface area contributed by atoms with E-state index in [-0.39, 0.29) is 36.0 Å². The highest BCUT2D eigenvalue weighted by Crippen LogP contribution is 2.27. The summed E-state index contributed by atoms with van der Waals surface area (Å²) in [6, 6.07) is -0.904. The molecule has 0 aromatic carbocycles. The van der Waals surface area contributed by atoms with E-state index in [2.05, 4.69) is 29.8 Å². The molecule has 0 aromatic heterocycles. The Bertz CT molecular complexity index is 616. The van der Waals surface area contributed by atoms with E-state index >= 15 is 0 Å². The third kappa shape index (κ3) is 5.41. The van der Waals surface area contributed by atoms with E-state index in [0.717, 1.165) is 12.8 Å². The molecule has 2 aliphatic rings. The van der Waals surface area contributed by atoms with Crippen molar-refractivity contribution in [3.63, 3.8) is 0 Å². The minimum atomic E-state index is -0.611. The molecule has 2 rings (SSSR count). The van der Waals surface area contributed by atoms with Crippen LogP contribution in [-0.2, 0) is 9.59 Å². The molecule has 0 bridgehead atoms. The lowest BCUT2D eigenvalue weighted by atomic mass is 9.85. The molecule has 0 radical (unpaired) electrons. The molecule has 0 aliphatic carbocycles. The van der Waals surface area contributed by atoms with Crippen LogP contribution in [0.2, 0.25) is 0 Å². The highest BCUT2D eigenvalue weighted by Gasteiger charge is 2.42. The lowest BCUT2D eigenvalue weighted by Gasteiger charge is -2.38. The fourth-order valence-corrected chi connectivity index (χ4v) is 4.12. The lowest BCUT2D eigenvalue weighted by Crippen LogP contribution is -2.59. The number of carbonyl (C=O) groups excluding carboxylic acids is 3. The monoisotopic (exact) mass is 409 g/mol. The molecule has 4 atom stereocenters. The van der Waals surface area contributed by atoms with Gasteiger partial charge in [-0.05, 0) is 38.1 Å². The quantitative estimate of drug-likeness (QED) is 0.588. The van der Waals surface area contributed by atoms with Crippen molar-refractivity contribution in [2.45, 2.75) is 78.6 Å². The third-order valence-corrected chi connectivity index (χ3v) is 6.19. The molecule has 2 fully saturated rings. The maximum Gasteiger partial charge on any atom is 0.317 e. The Balaban J connectivity index is 2.15. The molecule has 0 aromatic rings. The molecule has 2 saturated heterocycles. The summed E-state index contributed by atoms with van der Waals surface area (Å²) in [5.41, 5.74) is -0.418. The molecule has 3 unspecified atom stereocenters. The number of hydrogen-bond acceptors (Lipinski definition) is 4. The van der Waals surface area contributed by atoms with E-state index in [1.807, 2.05) is 30.6 Å². The van der Waals surface area contributed by atoms with Crippen molar-refractivity contribution in [2.24, 2.45) is 11.3 Å². The maximum atomic E-state index is 13.5. The van der Waals surface area contributed by atoms with Crippen LogP contribution in [-0.4, -0.2) is 78.5 Å². The lowest BCUT2D eigenvalue weighted by molar-refractivity contribution is -0.140. The van der Waals surface area contributed by atoms with Gasteiger partial charge in [-0.25, -0.2) is 4.79 Å². The van der Waals surface area contributed by atoms with Gasteiger partial charge in [-0.3, -0.25) is 9.59 Å². The van der Waals surface area contributed by atoms with Gasteiger partial charge < -0.3 is 25.8 Å². The fourth-order valence-electron chi connectivity index (χ4n) is 4.12. The molecule has 4 amide bonds. The molecular weight excluding hydrogens is 370 g/mol. The number of hydrogen-bond donors (Lipinski definition) is 3. The summed E-state index contributed by atoms with van der Waals surface area (Å²) in [7, 11) is 1.72. The summed E-state index contributed by atoms with van der Waals surface area (Å²) >= 11 is 0. The van der Waals surface area contributed by atoms with Gasteiger partial charge in [0.25, 0.3) is 0 Å². The Morgan fingerprint density at radius 1 is 1.24 bits per heavy atom. The minimum absolute atomic E-state index is 0.0175. The van der Waals surface area contributed by atoms with Gasteiger partial charge >= 0.3 is 6.03 Å². The molecule has 8 heteroatoms. The largest absolute Gasteiger partial charge is 0.342 e. The number of urea groups is 1. The molecule has 2 heterocycles. The summed E-state index contributed by atoms with van der Waals surface area (Å²) in [6.45, 7) is 13.8. The minimum Gasteiger partial charge on any atom is -0.342 e. The number of nitrogens with one attached hydrogen (secondary N) is 3. The first-order valence-electron chi connectivity index (χ1n) is 10.8. The molecule has 166 valence electrons. The summed E-state index contributed by atoms with van der Waals surface area (Å²) in [5, 5.41) is 8.80. The van der Waals surface area contributed by atoms with Crippen LogP contribution in [0, 0.1) is 11.3 Å². The van der Waals surface area contributed by atoms with Crippen LogP contribution in [0.1, 0.15) is 54.4 Å². The van der Waals surface area contributed by atoms with Crippen molar-refractivity contribution in [1.29, 1.82) is 0 Å². The van der Waals surface area contributed by atoms with Crippen LogP contribution in [0.15, 0.2) is 0 Å². The normalized spacial score (nSPS) is 24.6. The predicted molar refractivity (Wildman–Crippen MR) is 113 cm³/mol. The second-order valence-corrected chi connectivity index (χ2v) is 9.80. The van der Waals surface area contributed by atoms with Crippen molar-refractivity contribution in [3.8, 4) is 0 Å². The molecule has 3 N–H and O–H groups in total.